The van der Waals surface area contributed by atoms with Crippen LogP contribution in [0.3, 0.4) is 0 Å². The van der Waals surface area contributed by atoms with Gasteiger partial charge in [-0.25, -0.2) is 15.0 Å². The molecule has 7 heteroatoms. The lowest BCUT2D eigenvalue weighted by Gasteiger charge is -2.15. The first-order valence-corrected chi connectivity index (χ1v) is 10.1. The van der Waals surface area contributed by atoms with E-state index in [4.69, 9.17) is 9.97 Å². The Bertz CT molecular complexity index is 1030. The molecule has 28 heavy (non-hydrogen) atoms. The molecule has 2 heterocycles. The Hall–Kier alpha value is -2.64. The largest absolute Gasteiger partial charge is 0.324 e. The van der Waals surface area contributed by atoms with Gasteiger partial charge in [-0.2, -0.15) is 0 Å². The van der Waals surface area contributed by atoms with E-state index in [-0.39, 0.29) is 5.78 Å². The number of carbonyl (C=O) groups is 1. The van der Waals surface area contributed by atoms with Crippen LogP contribution in [0.5, 0.6) is 0 Å². The minimum atomic E-state index is 0.147. The zero-order valence-electron chi connectivity index (χ0n) is 16.3. The third-order valence-electron chi connectivity index (χ3n) is 4.54. The molecule has 144 valence electrons. The predicted molar refractivity (Wildman–Crippen MR) is 112 cm³/mol. The van der Waals surface area contributed by atoms with Crippen LogP contribution in [-0.4, -0.2) is 39.7 Å². The summed E-state index contributed by atoms with van der Waals surface area (Å²) in [6.07, 6.45) is 4.20. The molecule has 0 saturated heterocycles. The van der Waals surface area contributed by atoms with E-state index in [1.54, 1.807) is 18.3 Å². The highest BCUT2D eigenvalue weighted by atomic mass is 32.1. The fraction of sp³-hybridized carbons (Fsp3) is 0.333. The average molecular weight is 394 g/mol. The molecule has 3 aromatic rings. The van der Waals surface area contributed by atoms with Crippen molar-refractivity contribution in [2.45, 2.75) is 32.7 Å². The summed E-state index contributed by atoms with van der Waals surface area (Å²) >= 11 is 1.72. The molecule has 0 saturated carbocycles. The molecule has 0 atom stereocenters. The smallest absolute Gasteiger partial charge is 0.227 e. The van der Waals surface area contributed by atoms with Gasteiger partial charge in [0, 0.05) is 24.8 Å². The molecule has 4 rings (SSSR count). The van der Waals surface area contributed by atoms with Crippen molar-refractivity contribution in [3.05, 3.63) is 52.3 Å². The van der Waals surface area contributed by atoms with Gasteiger partial charge in [0.15, 0.2) is 0 Å². The fourth-order valence-electron chi connectivity index (χ4n) is 3.37. The Labute approximate surface area is 168 Å². The van der Waals surface area contributed by atoms with E-state index < -0.39 is 0 Å². The van der Waals surface area contributed by atoms with Crippen LogP contribution in [0.25, 0.3) is 10.6 Å². The summed E-state index contributed by atoms with van der Waals surface area (Å²) in [4.78, 5) is 28.8. The summed E-state index contributed by atoms with van der Waals surface area (Å²) in [5, 5.41) is 4.40. The van der Waals surface area contributed by atoms with Crippen LogP contribution in [-0.2, 0) is 30.6 Å². The van der Waals surface area contributed by atoms with E-state index in [0.29, 0.717) is 12.4 Å². The Balaban J connectivity index is 1.61. The lowest BCUT2D eigenvalue weighted by molar-refractivity contribution is -0.116. The molecule has 0 radical (unpaired) electrons. The number of benzene rings is 1. The van der Waals surface area contributed by atoms with Gasteiger partial charge in [0.1, 0.15) is 10.8 Å². The number of hydrogen-bond donors (Lipinski definition) is 1. The topological polar surface area (TPSA) is 71.0 Å². The highest BCUT2D eigenvalue weighted by Gasteiger charge is 2.23. The van der Waals surface area contributed by atoms with Crippen LogP contribution in [0.2, 0.25) is 0 Å². The van der Waals surface area contributed by atoms with Crippen LogP contribution < -0.4 is 5.32 Å². The highest BCUT2D eigenvalue weighted by molar-refractivity contribution is 7.15. The van der Waals surface area contributed by atoms with Crippen LogP contribution in [0.4, 0.5) is 11.6 Å². The molecule has 1 N–H and O–H groups in total. The minimum absolute atomic E-state index is 0.147. The number of rotatable bonds is 6. The maximum absolute atomic E-state index is 11.4. The van der Waals surface area contributed by atoms with Gasteiger partial charge in [-0.05, 0) is 57.1 Å². The Morgan fingerprint density at radius 2 is 2.11 bits per heavy atom. The van der Waals surface area contributed by atoms with Crippen molar-refractivity contribution < 1.29 is 4.79 Å². The molecule has 1 aliphatic carbocycles. The second-order valence-corrected chi connectivity index (χ2v) is 8.48. The Kier molecular flexibility index (Phi) is 5.19. The Morgan fingerprint density at radius 1 is 1.25 bits per heavy atom. The normalized spacial score (nSPS) is 12.6. The lowest BCUT2D eigenvalue weighted by Crippen LogP contribution is -2.10. The number of aryl methyl sites for hydroxylation is 2. The van der Waals surface area contributed by atoms with Gasteiger partial charge in [0.2, 0.25) is 5.95 Å². The van der Waals surface area contributed by atoms with Crippen LogP contribution >= 0.6 is 11.3 Å². The number of fused-ring (bicyclic) bond motifs is 3. The monoisotopic (exact) mass is 393 g/mol. The van der Waals surface area contributed by atoms with Gasteiger partial charge in [0.25, 0.3) is 0 Å². The molecule has 0 amide bonds. The Morgan fingerprint density at radius 3 is 2.89 bits per heavy atom. The van der Waals surface area contributed by atoms with Crippen molar-refractivity contribution >= 4 is 28.8 Å². The first-order chi connectivity index (χ1) is 13.5. The summed E-state index contributed by atoms with van der Waals surface area (Å²) < 4.78 is 0. The maximum atomic E-state index is 11.4. The second-order valence-electron chi connectivity index (χ2n) is 7.39. The number of ketones is 1. The van der Waals surface area contributed by atoms with E-state index in [1.165, 1.54) is 5.56 Å². The average Bonchev–Trinajstić information content (AvgIpc) is 3.03. The van der Waals surface area contributed by atoms with Crippen LogP contribution in [0, 0.1) is 0 Å². The molecule has 2 aromatic heterocycles. The molecular formula is C21H23N5OS. The van der Waals surface area contributed by atoms with E-state index in [9.17, 15) is 4.79 Å². The SMILES string of the molecule is CC(=O)Cc1cccc(Nc2ncc3c(n2)-c2sc(CN(C)C)nc2CC3)c1. The number of thiazole rings is 1. The summed E-state index contributed by atoms with van der Waals surface area (Å²) in [7, 11) is 4.11. The standard InChI is InChI=1S/C21H23N5OS/c1-13(27)9-14-5-4-6-16(10-14)23-21-22-11-15-7-8-17-20(19(15)25-21)28-18(24-17)12-26(2)3/h4-6,10-11H,7-9,12H2,1-3H3,(H,22,23,25). The summed E-state index contributed by atoms with van der Waals surface area (Å²) in [6, 6.07) is 7.82. The van der Waals surface area contributed by atoms with Crippen molar-refractivity contribution in [2.75, 3.05) is 19.4 Å². The zero-order chi connectivity index (χ0) is 19.7. The van der Waals surface area contributed by atoms with Gasteiger partial charge in [-0.3, -0.25) is 4.79 Å². The summed E-state index contributed by atoms with van der Waals surface area (Å²) in [5.41, 5.74) is 5.16. The quantitative estimate of drug-likeness (QED) is 0.689. The van der Waals surface area contributed by atoms with Crippen molar-refractivity contribution in [1.29, 1.82) is 0 Å². The molecule has 6 nitrogen and oxygen atoms in total. The van der Waals surface area contributed by atoms with Crippen molar-refractivity contribution in [3.8, 4) is 10.6 Å². The molecule has 0 fully saturated rings. The zero-order valence-corrected chi connectivity index (χ0v) is 17.1. The van der Waals surface area contributed by atoms with E-state index >= 15 is 0 Å². The van der Waals surface area contributed by atoms with Gasteiger partial charge in [0.05, 0.1) is 16.3 Å². The first-order valence-electron chi connectivity index (χ1n) is 9.33. The van der Waals surface area contributed by atoms with Gasteiger partial charge in [-0.15, -0.1) is 11.3 Å². The molecule has 0 bridgehead atoms. The third kappa shape index (κ3) is 4.10. The predicted octanol–water partition coefficient (Wildman–Crippen LogP) is 3.64. The van der Waals surface area contributed by atoms with Crippen LogP contribution in [0.15, 0.2) is 30.5 Å². The van der Waals surface area contributed by atoms with Crippen LogP contribution in [0.1, 0.15) is 28.8 Å². The third-order valence-corrected chi connectivity index (χ3v) is 5.63. The number of nitrogens with one attached hydrogen (secondary N) is 1. The van der Waals surface area contributed by atoms with Gasteiger partial charge >= 0.3 is 0 Å². The van der Waals surface area contributed by atoms with E-state index in [2.05, 4.69) is 29.3 Å². The van der Waals surface area contributed by atoms with E-state index in [1.807, 2.05) is 30.5 Å². The lowest BCUT2D eigenvalue weighted by atomic mass is 10.00. The number of hydrogen-bond acceptors (Lipinski definition) is 7. The summed E-state index contributed by atoms with van der Waals surface area (Å²) in [5.74, 6) is 0.711. The van der Waals surface area contributed by atoms with Crippen molar-refractivity contribution in [3.63, 3.8) is 0 Å². The molecule has 1 aromatic carbocycles. The second kappa shape index (κ2) is 7.77. The molecule has 1 aliphatic rings. The molecule has 0 unspecified atom stereocenters. The highest BCUT2D eigenvalue weighted by Crippen LogP contribution is 2.37. The van der Waals surface area contributed by atoms with E-state index in [0.717, 1.165) is 51.9 Å². The fourth-order valence-corrected chi connectivity index (χ4v) is 4.62. The van der Waals surface area contributed by atoms with Gasteiger partial charge in [-0.1, -0.05) is 12.1 Å². The molecule has 0 spiro atoms. The number of Topliss-reactive ketones (excluding diaryl/α,β-unsaturated/α-hetero) is 1. The van der Waals surface area contributed by atoms with Gasteiger partial charge < -0.3 is 10.2 Å². The first kappa shape index (κ1) is 18.7. The number of aromatic nitrogens is 3. The van der Waals surface area contributed by atoms with Crippen molar-refractivity contribution in [2.24, 2.45) is 0 Å². The molecular weight excluding hydrogens is 370 g/mol. The molecule has 0 aliphatic heterocycles. The number of anilines is 2. The minimum Gasteiger partial charge on any atom is -0.324 e. The maximum Gasteiger partial charge on any atom is 0.227 e. The number of nitrogens with zero attached hydrogens (tertiary/aromatic N) is 4. The van der Waals surface area contributed by atoms with Crippen molar-refractivity contribution in [1.82, 2.24) is 19.9 Å². The number of carbonyl (C=O) groups excluding carboxylic acids is 1. The summed E-state index contributed by atoms with van der Waals surface area (Å²) in [6.45, 7) is 2.44.